The summed E-state index contributed by atoms with van der Waals surface area (Å²) < 4.78 is 85.6. The summed E-state index contributed by atoms with van der Waals surface area (Å²) in [7, 11) is -4.22. The highest BCUT2D eigenvalue weighted by molar-refractivity contribution is 7.90. The van der Waals surface area contributed by atoms with E-state index in [1.54, 1.807) is 4.72 Å². The molecule has 1 fully saturated rings. The highest BCUT2D eigenvalue weighted by atomic mass is 32.2. The second-order valence-corrected chi connectivity index (χ2v) is 6.64. The Kier molecular flexibility index (Phi) is 4.99. The molecule has 1 amide bonds. The molecule has 0 radical (unpaired) electrons. The topological polar surface area (TPSA) is 63.2 Å². The zero-order valence-electron chi connectivity index (χ0n) is 10.3. The Morgan fingerprint density at radius 2 is 1.90 bits per heavy atom. The quantitative estimate of drug-likeness (QED) is 0.789. The minimum atomic E-state index is -4.48. The summed E-state index contributed by atoms with van der Waals surface area (Å²) in [5.41, 5.74) is 0. The molecule has 1 unspecified atom stereocenters. The number of amides is 1. The van der Waals surface area contributed by atoms with E-state index in [1.807, 2.05) is 0 Å². The van der Waals surface area contributed by atoms with Gasteiger partial charge in [-0.3, -0.25) is 9.52 Å². The van der Waals surface area contributed by atoms with Crippen molar-refractivity contribution in [2.75, 3.05) is 5.75 Å². The lowest BCUT2D eigenvalue weighted by Gasteiger charge is -2.12. The van der Waals surface area contributed by atoms with Crippen LogP contribution in [0.15, 0.2) is 0 Å². The molecule has 0 aromatic heterocycles. The molecule has 1 atom stereocenters. The number of carbonyl (C=O) groups excluding carboxylic acids is 1. The van der Waals surface area contributed by atoms with Crippen LogP contribution in [-0.2, 0) is 14.8 Å². The summed E-state index contributed by atoms with van der Waals surface area (Å²) >= 11 is 0. The fraction of sp³-hybridized carbons (Fsp3) is 0.900. The summed E-state index contributed by atoms with van der Waals surface area (Å²) in [6.45, 7) is 0. The largest absolute Gasteiger partial charge is 0.389 e. The lowest BCUT2D eigenvalue weighted by molar-refractivity contribution is -0.134. The summed E-state index contributed by atoms with van der Waals surface area (Å²) in [4.78, 5) is 11.5. The normalized spacial score (nSPS) is 22.8. The highest BCUT2D eigenvalue weighted by Crippen LogP contribution is 2.38. The van der Waals surface area contributed by atoms with Gasteiger partial charge in [0.25, 0.3) is 0 Å². The molecule has 1 aliphatic rings. The molecule has 1 saturated carbocycles. The highest BCUT2D eigenvalue weighted by Gasteiger charge is 2.43. The van der Waals surface area contributed by atoms with E-state index in [9.17, 15) is 35.2 Å². The van der Waals surface area contributed by atoms with Gasteiger partial charge in [0.15, 0.2) is 0 Å². The molecule has 20 heavy (non-hydrogen) atoms. The summed E-state index contributed by atoms with van der Waals surface area (Å²) in [6, 6.07) is 0. The number of hydrogen-bond acceptors (Lipinski definition) is 3. The van der Waals surface area contributed by atoms with E-state index in [-0.39, 0.29) is 6.42 Å². The van der Waals surface area contributed by atoms with Crippen molar-refractivity contribution in [1.82, 2.24) is 4.72 Å². The third kappa shape index (κ3) is 6.02. The number of nitrogens with one attached hydrogen (secondary N) is 1. The molecule has 1 rings (SSSR count). The van der Waals surface area contributed by atoms with Crippen LogP contribution in [0.5, 0.6) is 0 Å². The van der Waals surface area contributed by atoms with E-state index in [1.165, 1.54) is 0 Å². The van der Waals surface area contributed by atoms with Crippen molar-refractivity contribution in [2.24, 2.45) is 5.92 Å². The molecule has 0 aromatic rings. The first-order valence-corrected chi connectivity index (χ1v) is 7.54. The minimum Gasteiger partial charge on any atom is -0.274 e. The van der Waals surface area contributed by atoms with Crippen molar-refractivity contribution in [1.29, 1.82) is 0 Å². The molecule has 1 N–H and O–H groups in total. The van der Waals surface area contributed by atoms with Gasteiger partial charge in [-0.2, -0.15) is 13.2 Å². The summed E-state index contributed by atoms with van der Waals surface area (Å²) in [6.07, 6.45) is -7.84. The average Bonchev–Trinajstić information content (AvgIpc) is 2.55. The van der Waals surface area contributed by atoms with Gasteiger partial charge in [0.2, 0.25) is 21.9 Å². The van der Waals surface area contributed by atoms with Crippen LogP contribution in [-0.4, -0.2) is 32.2 Å². The maximum Gasteiger partial charge on any atom is 0.389 e. The van der Waals surface area contributed by atoms with Crippen LogP contribution < -0.4 is 4.72 Å². The maximum absolute atomic E-state index is 12.9. The van der Waals surface area contributed by atoms with Crippen LogP contribution in [0.4, 0.5) is 22.0 Å². The molecule has 1 aliphatic carbocycles. The van der Waals surface area contributed by atoms with Crippen LogP contribution in [0, 0.1) is 5.92 Å². The molecule has 10 heteroatoms. The van der Waals surface area contributed by atoms with Gasteiger partial charge in [0.05, 0.1) is 5.75 Å². The van der Waals surface area contributed by atoms with Gasteiger partial charge in [-0.05, 0) is 12.8 Å². The van der Waals surface area contributed by atoms with Gasteiger partial charge in [-0.15, -0.1) is 0 Å². The second-order valence-electron chi connectivity index (χ2n) is 4.80. The van der Waals surface area contributed by atoms with Crippen molar-refractivity contribution in [3.63, 3.8) is 0 Å². The SMILES string of the molecule is O=C(NS(=O)(=O)CCCC(F)(F)F)C1CCC(F)(F)C1. The van der Waals surface area contributed by atoms with Crippen molar-refractivity contribution < 1.29 is 35.2 Å². The Balaban J connectivity index is 2.44. The Morgan fingerprint density at radius 1 is 1.30 bits per heavy atom. The number of sulfonamides is 1. The first-order valence-electron chi connectivity index (χ1n) is 5.89. The Hall–Kier alpha value is -0.930. The van der Waals surface area contributed by atoms with E-state index >= 15 is 0 Å². The third-order valence-electron chi connectivity index (χ3n) is 2.90. The van der Waals surface area contributed by atoms with Crippen LogP contribution in [0.2, 0.25) is 0 Å². The number of halogens is 5. The lowest BCUT2D eigenvalue weighted by Crippen LogP contribution is -2.37. The lowest BCUT2D eigenvalue weighted by atomic mass is 10.1. The molecule has 0 aromatic carbocycles. The van der Waals surface area contributed by atoms with Crippen molar-refractivity contribution in [3.8, 4) is 0 Å². The van der Waals surface area contributed by atoms with Crippen LogP contribution in [0.25, 0.3) is 0 Å². The Labute approximate surface area is 112 Å². The number of rotatable bonds is 5. The van der Waals surface area contributed by atoms with E-state index in [0.717, 1.165) is 0 Å². The molecule has 0 bridgehead atoms. The van der Waals surface area contributed by atoms with Crippen LogP contribution >= 0.6 is 0 Å². The monoisotopic (exact) mass is 323 g/mol. The number of hydrogen-bond donors (Lipinski definition) is 1. The van der Waals surface area contributed by atoms with Crippen LogP contribution in [0.3, 0.4) is 0 Å². The molecule has 0 aliphatic heterocycles. The zero-order valence-corrected chi connectivity index (χ0v) is 11.2. The smallest absolute Gasteiger partial charge is 0.274 e. The summed E-state index contributed by atoms with van der Waals surface area (Å²) in [5.74, 6) is -6.07. The van der Waals surface area contributed by atoms with Crippen molar-refractivity contribution in [2.45, 2.75) is 44.2 Å². The van der Waals surface area contributed by atoms with Gasteiger partial charge in [0.1, 0.15) is 0 Å². The number of carbonyl (C=O) groups is 1. The van der Waals surface area contributed by atoms with E-state index in [0.29, 0.717) is 0 Å². The predicted molar refractivity (Wildman–Crippen MR) is 59.5 cm³/mol. The number of alkyl halides is 5. The third-order valence-corrected chi connectivity index (χ3v) is 4.24. The molecular weight excluding hydrogens is 309 g/mol. The first kappa shape index (κ1) is 17.1. The molecule has 0 heterocycles. The van der Waals surface area contributed by atoms with Gasteiger partial charge in [-0.25, -0.2) is 17.2 Å². The van der Waals surface area contributed by atoms with Gasteiger partial charge < -0.3 is 0 Å². The molecule has 0 saturated heterocycles. The summed E-state index contributed by atoms with van der Waals surface area (Å²) in [5, 5.41) is 0. The first-order chi connectivity index (χ1) is 8.90. The van der Waals surface area contributed by atoms with Crippen molar-refractivity contribution in [3.05, 3.63) is 0 Å². The molecule has 0 spiro atoms. The van der Waals surface area contributed by atoms with Gasteiger partial charge in [-0.1, -0.05) is 0 Å². The zero-order chi connectivity index (χ0) is 15.6. The molecule has 118 valence electrons. The maximum atomic E-state index is 12.9. The van der Waals surface area contributed by atoms with Gasteiger partial charge in [0, 0.05) is 25.2 Å². The van der Waals surface area contributed by atoms with Crippen LogP contribution in [0.1, 0.15) is 32.1 Å². The Morgan fingerprint density at radius 3 is 2.35 bits per heavy atom. The van der Waals surface area contributed by atoms with Crippen molar-refractivity contribution >= 4 is 15.9 Å². The fourth-order valence-corrected chi connectivity index (χ4v) is 3.02. The van der Waals surface area contributed by atoms with E-state index in [4.69, 9.17) is 0 Å². The minimum absolute atomic E-state index is 0.142. The van der Waals surface area contributed by atoms with E-state index < -0.39 is 65.4 Å². The standard InChI is InChI=1S/C10H14F5NO3S/c11-9(12)4-2-7(6-9)8(17)16-20(18,19)5-1-3-10(13,14)15/h7H,1-6H2,(H,16,17). The second kappa shape index (κ2) is 5.82. The fourth-order valence-electron chi connectivity index (χ4n) is 1.92. The van der Waals surface area contributed by atoms with Gasteiger partial charge >= 0.3 is 6.18 Å². The average molecular weight is 323 g/mol. The predicted octanol–water partition coefficient (Wildman–Crippen LogP) is 2.21. The molecular formula is C10H14F5NO3S. The van der Waals surface area contributed by atoms with E-state index in [2.05, 4.69) is 0 Å². The Bertz CT molecular complexity index is 460. The molecule has 4 nitrogen and oxygen atoms in total.